The molecular formula is C20H15N3O5. The predicted octanol–water partition coefficient (Wildman–Crippen LogP) is 1.59. The van der Waals surface area contributed by atoms with Gasteiger partial charge in [0.1, 0.15) is 0 Å². The minimum absolute atomic E-state index is 0.0929. The summed E-state index contributed by atoms with van der Waals surface area (Å²) in [6.07, 6.45) is 0.400. The van der Waals surface area contributed by atoms with Crippen LogP contribution in [0.3, 0.4) is 0 Å². The number of carbonyl (C=O) groups excluding carboxylic acids is 5. The van der Waals surface area contributed by atoms with Crippen molar-refractivity contribution in [3.63, 3.8) is 0 Å². The molecule has 8 heteroatoms. The molecule has 0 atom stereocenters. The standard InChI is InChI=1S/C20H15N3O5/c24-16(21-11-7-8-12-15(10-11)18(26)22-17(12)25)6-3-9-23-19(27)13-4-1-2-5-14(13)20(23)28/h1-2,4-5,7-8,10H,3,6,9H2,(H,21,24)(H,22,25,26). The van der Waals surface area contributed by atoms with E-state index < -0.39 is 11.8 Å². The Kier molecular flexibility index (Phi) is 4.23. The van der Waals surface area contributed by atoms with Gasteiger partial charge >= 0.3 is 0 Å². The third kappa shape index (κ3) is 2.94. The first kappa shape index (κ1) is 17.6. The summed E-state index contributed by atoms with van der Waals surface area (Å²) in [5.74, 6) is -1.98. The number of imide groups is 2. The van der Waals surface area contributed by atoms with Crippen molar-refractivity contribution in [3.8, 4) is 0 Å². The van der Waals surface area contributed by atoms with Gasteiger partial charge in [0, 0.05) is 18.7 Å². The van der Waals surface area contributed by atoms with E-state index in [0.717, 1.165) is 4.90 Å². The number of fused-ring (bicyclic) bond motifs is 2. The van der Waals surface area contributed by atoms with Crippen molar-refractivity contribution in [3.05, 3.63) is 64.7 Å². The van der Waals surface area contributed by atoms with Crippen LogP contribution in [0.5, 0.6) is 0 Å². The lowest BCUT2D eigenvalue weighted by atomic mass is 10.1. The van der Waals surface area contributed by atoms with E-state index >= 15 is 0 Å². The summed E-state index contributed by atoms with van der Waals surface area (Å²) in [7, 11) is 0. The van der Waals surface area contributed by atoms with E-state index in [-0.39, 0.29) is 41.8 Å². The minimum Gasteiger partial charge on any atom is -0.326 e. The van der Waals surface area contributed by atoms with Crippen molar-refractivity contribution in [1.82, 2.24) is 10.2 Å². The predicted molar refractivity (Wildman–Crippen MR) is 97.9 cm³/mol. The van der Waals surface area contributed by atoms with Gasteiger partial charge in [0.15, 0.2) is 0 Å². The Labute approximate surface area is 159 Å². The lowest BCUT2D eigenvalue weighted by Gasteiger charge is -2.13. The summed E-state index contributed by atoms with van der Waals surface area (Å²) in [5, 5.41) is 4.84. The fourth-order valence-electron chi connectivity index (χ4n) is 3.31. The van der Waals surface area contributed by atoms with Gasteiger partial charge in [-0.3, -0.25) is 34.2 Å². The molecule has 0 bridgehead atoms. The van der Waals surface area contributed by atoms with E-state index in [9.17, 15) is 24.0 Å². The molecule has 2 N–H and O–H groups in total. The Morgan fingerprint density at radius 1 is 0.857 bits per heavy atom. The SMILES string of the molecule is O=C(CCCN1C(=O)c2ccccc2C1=O)Nc1ccc2c(c1)C(=O)NC2=O. The quantitative estimate of drug-likeness (QED) is 0.769. The molecule has 8 nitrogen and oxygen atoms in total. The number of nitrogens with zero attached hydrogens (tertiary/aromatic N) is 1. The first-order valence-electron chi connectivity index (χ1n) is 8.70. The molecule has 5 amide bonds. The molecule has 0 aromatic heterocycles. The third-order valence-electron chi connectivity index (χ3n) is 4.68. The summed E-state index contributed by atoms with van der Waals surface area (Å²) in [4.78, 5) is 61.1. The molecule has 0 fully saturated rings. The largest absolute Gasteiger partial charge is 0.326 e. The van der Waals surface area contributed by atoms with Crippen molar-refractivity contribution in [1.29, 1.82) is 0 Å². The summed E-state index contributed by atoms with van der Waals surface area (Å²) < 4.78 is 0. The van der Waals surface area contributed by atoms with Gasteiger partial charge in [0.25, 0.3) is 23.6 Å². The van der Waals surface area contributed by atoms with Gasteiger partial charge in [-0.15, -0.1) is 0 Å². The minimum atomic E-state index is -0.498. The second-order valence-corrected chi connectivity index (χ2v) is 6.50. The third-order valence-corrected chi connectivity index (χ3v) is 4.68. The van der Waals surface area contributed by atoms with Gasteiger partial charge in [0.2, 0.25) is 5.91 Å². The molecule has 2 aliphatic heterocycles. The molecule has 2 aliphatic rings. The molecule has 140 valence electrons. The van der Waals surface area contributed by atoms with E-state index in [4.69, 9.17) is 0 Å². The van der Waals surface area contributed by atoms with Gasteiger partial charge in [-0.05, 0) is 36.8 Å². The zero-order valence-electron chi connectivity index (χ0n) is 14.7. The smallest absolute Gasteiger partial charge is 0.261 e. The van der Waals surface area contributed by atoms with Crippen LogP contribution in [-0.2, 0) is 4.79 Å². The molecule has 4 rings (SSSR count). The van der Waals surface area contributed by atoms with Crippen LogP contribution in [0.25, 0.3) is 0 Å². The molecule has 0 radical (unpaired) electrons. The Morgan fingerprint density at radius 3 is 2.18 bits per heavy atom. The highest BCUT2D eigenvalue weighted by Gasteiger charge is 2.34. The van der Waals surface area contributed by atoms with Crippen molar-refractivity contribution < 1.29 is 24.0 Å². The first-order valence-corrected chi connectivity index (χ1v) is 8.70. The summed E-state index contributed by atoms with van der Waals surface area (Å²) in [6, 6.07) is 11.1. The van der Waals surface area contributed by atoms with E-state index in [1.807, 2.05) is 0 Å². The van der Waals surface area contributed by atoms with Crippen molar-refractivity contribution in [2.45, 2.75) is 12.8 Å². The second kappa shape index (κ2) is 6.73. The maximum absolute atomic E-state index is 12.3. The van der Waals surface area contributed by atoms with E-state index in [1.54, 1.807) is 30.3 Å². The average molecular weight is 377 g/mol. The van der Waals surface area contributed by atoms with E-state index in [0.29, 0.717) is 23.2 Å². The Bertz CT molecular complexity index is 1020. The normalized spacial score (nSPS) is 14.8. The van der Waals surface area contributed by atoms with Crippen molar-refractivity contribution >= 4 is 35.2 Å². The summed E-state index contributed by atoms with van der Waals surface area (Å²) in [6.45, 7) is 0.140. The van der Waals surface area contributed by atoms with Crippen molar-refractivity contribution in [2.24, 2.45) is 0 Å². The van der Waals surface area contributed by atoms with E-state index in [1.165, 1.54) is 12.1 Å². The highest BCUT2D eigenvalue weighted by atomic mass is 16.2. The highest BCUT2D eigenvalue weighted by Crippen LogP contribution is 2.23. The first-order chi connectivity index (χ1) is 13.5. The maximum atomic E-state index is 12.3. The number of benzene rings is 2. The maximum Gasteiger partial charge on any atom is 0.261 e. The molecule has 2 aromatic carbocycles. The summed E-state index contributed by atoms with van der Waals surface area (Å²) >= 11 is 0. The highest BCUT2D eigenvalue weighted by molar-refractivity contribution is 6.22. The zero-order chi connectivity index (χ0) is 19.8. The molecule has 0 saturated carbocycles. The number of amides is 5. The molecule has 28 heavy (non-hydrogen) atoms. The lowest BCUT2D eigenvalue weighted by molar-refractivity contribution is -0.116. The van der Waals surface area contributed by atoms with Crippen LogP contribution in [-0.4, -0.2) is 41.0 Å². The molecular weight excluding hydrogens is 362 g/mol. The molecule has 0 saturated heterocycles. The van der Waals surface area contributed by atoms with Crippen LogP contribution in [0.2, 0.25) is 0 Å². The van der Waals surface area contributed by atoms with Crippen LogP contribution in [0.4, 0.5) is 5.69 Å². The van der Waals surface area contributed by atoms with Crippen LogP contribution in [0, 0.1) is 0 Å². The topological polar surface area (TPSA) is 113 Å². The lowest BCUT2D eigenvalue weighted by Crippen LogP contribution is -2.31. The van der Waals surface area contributed by atoms with E-state index in [2.05, 4.69) is 10.6 Å². The van der Waals surface area contributed by atoms with Crippen LogP contribution >= 0.6 is 0 Å². The number of hydrogen-bond donors (Lipinski definition) is 2. The molecule has 0 aliphatic carbocycles. The zero-order valence-corrected chi connectivity index (χ0v) is 14.7. The number of hydrogen-bond acceptors (Lipinski definition) is 5. The van der Waals surface area contributed by atoms with Gasteiger partial charge < -0.3 is 5.32 Å². The van der Waals surface area contributed by atoms with Crippen LogP contribution in [0.1, 0.15) is 54.3 Å². The fourth-order valence-corrected chi connectivity index (χ4v) is 3.31. The number of nitrogens with one attached hydrogen (secondary N) is 2. The molecule has 2 heterocycles. The van der Waals surface area contributed by atoms with Crippen LogP contribution in [0.15, 0.2) is 42.5 Å². The number of carbonyl (C=O) groups is 5. The van der Waals surface area contributed by atoms with Crippen LogP contribution < -0.4 is 10.6 Å². The van der Waals surface area contributed by atoms with Gasteiger partial charge in [-0.25, -0.2) is 0 Å². The molecule has 0 spiro atoms. The molecule has 0 unspecified atom stereocenters. The summed E-state index contributed by atoms with van der Waals surface area (Å²) in [5.41, 5.74) is 1.64. The Balaban J connectivity index is 1.33. The monoisotopic (exact) mass is 377 g/mol. The Morgan fingerprint density at radius 2 is 1.50 bits per heavy atom. The van der Waals surface area contributed by atoms with Gasteiger partial charge in [0.05, 0.1) is 22.3 Å². The number of anilines is 1. The number of rotatable bonds is 5. The fraction of sp³-hybridized carbons (Fsp3) is 0.150. The second-order valence-electron chi connectivity index (χ2n) is 6.50. The van der Waals surface area contributed by atoms with Crippen molar-refractivity contribution in [2.75, 3.05) is 11.9 Å². The Hall–Kier alpha value is -3.81. The van der Waals surface area contributed by atoms with Gasteiger partial charge in [-0.1, -0.05) is 12.1 Å². The van der Waals surface area contributed by atoms with Gasteiger partial charge in [-0.2, -0.15) is 0 Å². The molecule has 2 aromatic rings. The average Bonchev–Trinajstić information content (AvgIpc) is 3.10.